The van der Waals surface area contributed by atoms with Crippen LogP contribution in [0.4, 0.5) is 20.4 Å². The summed E-state index contributed by atoms with van der Waals surface area (Å²) in [5.74, 6) is -1.77. The molecule has 0 amide bonds. The number of rotatable bonds is 9. The average Bonchev–Trinajstić information content (AvgIpc) is 2.92. The third-order valence-corrected chi connectivity index (χ3v) is 5.68. The highest BCUT2D eigenvalue weighted by Gasteiger charge is 2.14. The summed E-state index contributed by atoms with van der Waals surface area (Å²) in [6.07, 6.45) is 0. The van der Waals surface area contributed by atoms with Gasteiger partial charge in [-0.15, -0.1) is 0 Å². The maximum atomic E-state index is 14.1. The highest BCUT2D eigenvalue weighted by molar-refractivity contribution is 5.98. The summed E-state index contributed by atoms with van der Waals surface area (Å²) in [6.45, 7) is -0.829. The Hall–Kier alpha value is -5.05. The molecular weight excluding hydrogens is 492 g/mol. The van der Waals surface area contributed by atoms with E-state index in [9.17, 15) is 13.6 Å². The van der Waals surface area contributed by atoms with Gasteiger partial charge in [-0.2, -0.15) is 4.98 Å². The van der Waals surface area contributed by atoms with E-state index in [1.807, 2.05) is 48.5 Å². The van der Waals surface area contributed by atoms with Crippen molar-refractivity contribution in [1.29, 1.82) is 0 Å². The molecule has 0 fully saturated rings. The maximum Gasteiger partial charge on any atom is 0.341 e. The predicted molar refractivity (Wildman–Crippen MR) is 139 cm³/mol. The fourth-order valence-corrected chi connectivity index (χ4v) is 3.90. The molecule has 0 saturated heterocycles. The Balaban J connectivity index is 1.50. The van der Waals surface area contributed by atoms with Crippen molar-refractivity contribution in [3.8, 4) is 22.9 Å². The molecular formula is C29H21F2N3O4. The summed E-state index contributed by atoms with van der Waals surface area (Å²) in [4.78, 5) is 20.0. The zero-order chi connectivity index (χ0) is 26.5. The third kappa shape index (κ3) is 5.52. The van der Waals surface area contributed by atoms with Gasteiger partial charge in [0.25, 0.3) is 0 Å². The molecule has 0 aliphatic carbocycles. The maximum absolute atomic E-state index is 14.1. The number of carboxylic acids is 1. The number of ether oxygens (including phenoxy) is 2. The largest absolute Gasteiger partial charge is 0.481 e. The molecule has 0 unspecified atom stereocenters. The number of nitrogens with one attached hydrogen (secondary N) is 1. The van der Waals surface area contributed by atoms with E-state index in [1.54, 1.807) is 24.3 Å². The van der Waals surface area contributed by atoms with Crippen LogP contribution in [0.1, 0.15) is 5.56 Å². The number of carboxylic acid groups (broad SMARTS) is 1. The molecule has 5 rings (SSSR count). The first-order valence-corrected chi connectivity index (χ1v) is 11.6. The van der Waals surface area contributed by atoms with E-state index in [2.05, 4.69) is 15.3 Å². The SMILES string of the molecule is O=C(O)COc1cccc2c(Nc3nc(OCc4c(F)cccc4F)cc(-c4ccccc4)n3)cccc12. The molecule has 2 N–H and O–H groups in total. The fraction of sp³-hybridized carbons (Fsp3) is 0.0690. The normalized spacial score (nSPS) is 10.8. The van der Waals surface area contributed by atoms with Gasteiger partial charge in [-0.25, -0.2) is 18.6 Å². The number of nitrogens with zero attached hydrogens (tertiary/aromatic N) is 2. The number of fused-ring (bicyclic) bond motifs is 1. The average molecular weight is 514 g/mol. The van der Waals surface area contributed by atoms with E-state index in [4.69, 9.17) is 14.6 Å². The number of aliphatic carboxylic acids is 1. The van der Waals surface area contributed by atoms with Crippen LogP contribution in [0.5, 0.6) is 11.6 Å². The van der Waals surface area contributed by atoms with Gasteiger partial charge in [-0.3, -0.25) is 0 Å². The van der Waals surface area contributed by atoms with Gasteiger partial charge >= 0.3 is 5.97 Å². The number of aromatic nitrogens is 2. The first-order valence-electron chi connectivity index (χ1n) is 11.6. The van der Waals surface area contributed by atoms with Crippen LogP contribution in [0.2, 0.25) is 0 Å². The van der Waals surface area contributed by atoms with Gasteiger partial charge in [0.2, 0.25) is 11.8 Å². The van der Waals surface area contributed by atoms with Gasteiger partial charge in [0, 0.05) is 28.1 Å². The second-order valence-corrected chi connectivity index (χ2v) is 8.23. The smallest absolute Gasteiger partial charge is 0.341 e. The van der Waals surface area contributed by atoms with Gasteiger partial charge in [0.05, 0.1) is 11.3 Å². The molecule has 9 heteroatoms. The van der Waals surface area contributed by atoms with Crippen molar-refractivity contribution in [1.82, 2.24) is 9.97 Å². The van der Waals surface area contributed by atoms with Crippen LogP contribution in [0.25, 0.3) is 22.0 Å². The van der Waals surface area contributed by atoms with E-state index < -0.39 is 24.2 Å². The molecule has 1 heterocycles. The number of benzene rings is 4. The molecule has 1 aromatic heterocycles. The second-order valence-electron chi connectivity index (χ2n) is 8.23. The summed E-state index contributed by atoms with van der Waals surface area (Å²) in [5, 5.41) is 13.6. The van der Waals surface area contributed by atoms with Crippen molar-refractivity contribution in [2.45, 2.75) is 6.61 Å². The minimum absolute atomic E-state index is 0.120. The van der Waals surface area contributed by atoms with Crippen molar-refractivity contribution in [2.75, 3.05) is 11.9 Å². The molecule has 0 aliphatic heterocycles. The van der Waals surface area contributed by atoms with Crippen molar-refractivity contribution in [3.05, 3.63) is 108 Å². The lowest BCUT2D eigenvalue weighted by Gasteiger charge is -2.14. The van der Waals surface area contributed by atoms with Crippen LogP contribution in [0.15, 0.2) is 91.0 Å². The lowest BCUT2D eigenvalue weighted by molar-refractivity contribution is -0.139. The van der Waals surface area contributed by atoms with Crippen LogP contribution >= 0.6 is 0 Å². The highest BCUT2D eigenvalue weighted by Crippen LogP contribution is 2.33. The molecule has 0 spiro atoms. The molecule has 0 bridgehead atoms. The Morgan fingerprint density at radius 2 is 1.53 bits per heavy atom. The van der Waals surface area contributed by atoms with E-state index in [0.29, 0.717) is 22.5 Å². The monoisotopic (exact) mass is 513 g/mol. The van der Waals surface area contributed by atoms with E-state index in [1.165, 1.54) is 18.2 Å². The van der Waals surface area contributed by atoms with Gasteiger partial charge in [0.15, 0.2) is 6.61 Å². The van der Waals surface area contributed by atoms with Gasteiger partial charge in [-0.05, 0) is 24.3 Å². The van der Waals surface area contributed by atoms with Crippen LogP contribution in [-0.2, 0) is 11.4 Å². The lowest BCUT2D eigenvalue weighted by atomic mass is 10.1. The number of carbonyl (C=O) groups is 1. The van der Waals surface area contributed by atoms with Gasteiger partial charge in [-0.1, -0.05) is 60.7 Å². The number of hydrogen-bond acceptors (Lipinski definition) is 6. The van der Waals surface area contributed by atoms with Crippen LogP contribution in [0.3, 0.4) is 0 Å². The van der Waals surface area contributed by atoms with Crippen LogP contribution < -0.4 is 14.8 Å². The lowest BCUT2D eigenvalue weighted by Crippen LogP contribution is -2.09. The molecule has 0 atom stereocenters. The van der Waals surface area contributed by atoms with Gasteiger partial charge in [0.1, 0.15) is 24.0 Å². The molecule has 0 aliphatic rings. The van der Waals surface area contributed by atoms with Crippen molar-refractivity contribution >= 4 is 28.4 Å². The van der Waals surface area contributed by atoms with Crippen LogP contribution in [0, 0.1) is 11.6 Å². The summed E-state index contributed by atoms with van der Waals surface area (Å²) in [6, 6.07) is 25.3. The Kier molecular flexibility index (Phi) is 7.08. The van der Waals surface area contributed by atoms with Crippen molar-refractivity contribution in [3.63, 3.8) is 0 Å². The Labute approximate surface area is 216 Å². The quantitative estimate of drug-likeness (QED) is 0.237. The molecule has 4 aromatic carbocycles. The summed E-state index contributed by atoms with van der Waals surface area (Å²) in [5.41, 5.74) is 1.77. The number of anilines is 2. The fourth-order valence-electron chi connectivity index (χ4n) is 3.90. The predicted octanol–water partition coefficient (Wildman–Crippen LogP) is 6.36. The third-order valence-electron chi connectivity index (χ3n) is 5.68. The zero-order valence-electron chi connectivity index (χ0n) is 19.9. The first kappa shape index (κ1) is 24.6. The number of hydrogen-bond donors (Lipinski definition) is 2. The van der Waals surface area contributed by atoms with Crippen molar-refractivity contribution < 1.29 is 28.2 Å². The van der Waals surface area contributed by atoms with Gasteiger partial charge < -0.3 is 19.9 Å². The first-order chi connectivity index (χ1) is 18.5. The summed E-state index contributed by atoms with van der Waals surface area (Å²) < 4.78 is 39.4. The van der Waals surface area contributed by atoms with E-state index >= 15 is 0 Å². The standard InChI is InChI=1S/C29H21F2N3O4/c30-22-11-6-12-23(31)21(22)16-38-27-15-25(18-7-2-1-3-8-18)33-29(34-27)32-24-13-4-10-20-19(24)9-5-14-26(20)37-17-28(35)36/h1-15H,16-17H2,(H,35,36)(H,32,33,34). The minimum Gasteiger partial charge on any atom is -0.481 e. The Morgan fingerprint density at radius 3 is 2.29 bits per heavy atom. The highest BCUT2D eigenvalue weighted by atomic mass is 19.1. The van der Waals surface area contributed by atoms with E-state index in [-0.39, 0.29) is 24.0 Å². The molecule has 38 heavy (non-hydrogen) atoms. The number of halogens is 2. The summed E-state index contributed by atoms with van der Waals surface area (Å²) in [7, 11) is 0. The van der Waals surface area contributed by atoms with Crippen LogP contribution in [-0.4, -0.2) is 27.7 Å². The van der Waals surface area contributed by atoms with E-state index in [0.717, 1.165) is 10.9 Å². The molecule has 190 valence electrons. The topological polar surface area (TPSA) is 93.6 Å². The van der Waals surface area contributed by atoms with Crippen molar-refractivity contribution in [2.24, 2.45) is 0 Å². The second kappa shape index (κ2) is 10.9. The molecule has 0 saturated carbocycles. The summed E-state index contributed by atoms with van der Waals surface area (Å²) >= 11 is 0. The molecule has 7 nitrogen and oxygen atoms in total. The molecule has 0 radical (unpaired) electrons. The Morgan fingerprint density at radius 1 is 0.816 bits per heavy atom. The Bertz CT molecular complexity index is 1590. The zero-order valence-corrected chi connectivity index (χ0v) is 19.9. The minimum atomic E-state index is -1.08. The molecule has 5 aromatic rings.